The molecule has 0 radical (unpaired) electrons. The molecule has 3 aromatic rings. The van der Waals surface area contributed by atoms with Crippen LogP contribution in [0.1, 0.15) is 52.5 Å². The molecule has 4 aliphatic rings. The van der Waals surface area contributed by atoms with E-state index in [1.165, 1.54) is 12.3 Å². The van der Waals surface area contributed by atoms with Gasteiger partial charge in [-0.15, -0.1) is 0 Å². The Morgan fingerprint density at radius 2 is 2.13 bits per heavy atom. The maximum absolute atomic E-state index is 14.3. The van der Waals surface area contributed by atoms with Crippen molar-refractivity contribution < 1.29 is 27.5 Å². The van der Waals surface area contributed by atoms with Gasteiger partial charge in [-0.1, -0.05) is 30.4 Å². The summed E-state index contributed by atoms with van der Waals surface area (Å²) in [5, 5.41) is 14.1. The normalized spacial score (nSPS) is 31.8. The van der Waals surface area contributed by atoms with Crippen molar-refractivity contribution in [3.63, 3.8) is 0 Å². The zero-order valence-corrected chi connectivity index (χ0v) is 20.3. The highest BCUT2D eigenvalue weighted by Gasteiger charge is 2.53. The van der Waals surface area contributed by atoms with E-state index in [1.807, 2.05) is 16.7 Å². The number of fused-ring (bicyclic) bond motifs is 8. The van der Waals surface area contributed by atoms with Crippen molar-refractivity contribution in [2.75, 3.05) is 20.1 Å². The first-order valence-corrected chi connectivity index (χ1v) is 12.6. The van der Waals surface area contributed by atoms with Crippen molar-refractivity contribution >= 4 is 16.9 Å². The van der Waals surface area contributed by atoms with Gasteiger partial charge in [0.2, 0.25) is 0 Å². The highest BCUT2D eigenvalue weighted by atomic mass is 19.3. The molecule has 196 valence electrons. The third-order valence-corrected chi connectivity index (χ3v) is 8.32. The van der Waals surface area contributed by atoms with Gasteiger partial charge in [0.15, 0.2) is 0 Å². The van der Waals surface area contributed by atoms with Crippen LogP contribution in [0.3, 0.4) is 0 Å². The van der Waals surface area contributed by atoms with Gasteiger partial charge in [-0.25, -0.2) is 4.98 Å². The molecule has 1 saturated heterocycles. The van der Waals surface area contributed by atoms with E-state index in [9.17, 15) is 18.7 Å². The van der Waals surface area contributed by atoms with E-state index in [0.717, 1.165) is 4.90 Å². The molecule has 38 heavy (non-hydrogen) atoms. The lowest BCUT2D eigenvalue weighted by Crippen LogP contribution is -2.41. The van der Waals surface area contributed by atoms with Gasteiger partial charge in [-0.2, -0.15) is 8.78 Å². The SMILES string of the molecule is [2H]C([2H])([2H])N1C(=O)C2=C([C@H]3C[C@@H]1c1nc4ccccc4n13)C(OC(F)F)(c1ccc(C3(O)CCNC3)nc1)CC=C2. The van der Waals surface area contributed by atoms with Crippen LogP contribution in [0.4, 0.5) is 8.78 Å². The van der Waals surface area contributed by atoms with Gasteiger partial charge in [-0.3, -0.25) is 9.78 Å². The molecular formula is C28H27F2N5O3. The fourth-order valence-corrected chi connectivity index (χ4v) is 6.59. The maximum atomic E-state index is 14.3. The number of rotatable bonds is 4. The second-order valence-corrected chi connectivity index (χ2v) is 10.3. The summed E-state index contributed by atoms with van der Waals surface area (Å²) in [6.07, 6.45) is 5.04. The van der Waals surface area contributed by atoms with Crippen molar-refractivity contribution in [3.8, 4) is 0 Å². The number of aromatic nitrogens is 3. The minimum Gasteiger partial charge on any atom is -0.382 e. The number of hydrogen-bond donors (Lipinski definition) is 2. The van der Waals surface area contributed by atoms with Crippen LogP contribution >= 0.6 is 0 Å². The lowest BCUT2D eigenvalue weighted by molar-refractivity contribution is -0.202. The molecule has 3 aliphatic heterocycles. The van der Waals surface area contributed by atoms with Crippen LogP contribution < -0.4 is 5.32 Å². The summed E-state index contributed by atoms with van der Waals surface area (Å²) in [6.45, 7) is -5.10. The second-order valence-electron chi connectivity index (χ2n) is 10.3. The van der Waals surface area contributed by atoms with Crippen LogP contribution in [0.15, 0.2) is 65.9 Å². The molecule has 2 aromatic heterocycles. The van der Waals surface area contributed by atoms with E-state index in [1.54, 1.807) is 30.3 Å². The third-order valence-electron chi connectivity index (χ3n) is 8.32. The Kier molecular flexibility index (Phi) is 4.45. The summed E-state index contributed by atoms with van der Waals surface area (Å²) in [5.41, 5.74) is -0.782. The largest absolute Gasteiger partial charge is 0.382 e. The average Bonchev–Trinajstić information content (AvgIpc) is 3.60. The van der Waals surface area contributed by atoms with Crippen molar-refractivity contribution in [2.24, 2.45) is 0 Å². The van der Waals surface area contributed by atoms with E-state index in [2.05, 4.69) is 10.3 Å². The van der Waals surface area contributed by atoms with E-state index < -0.39 is 42.8 Å². The Morgan fingerprint density at radius 3 is 2.87 bits per heavy atom. The predicted octanol–water partition coefficient (Wildman–Crippen LogP) is 3.46. The van der Waals surface area contributed by atoms with Crippen molar-refractivity contribution in [2.45, 2.75) is 49.2 Å². The Bertz CT molecular complexity index is 1610. The van der Waals surface area contributed by atoms with E-state index in [0.29, 0.717) is 42.1 Å². The van der Waals surface area contributed by atoms with E-state index in [-0.39, 0.29) is 29.6 Å². The number of nitrogens with one attached hydrogen (secondary N) is 1. The highest BCUT2D eigenvalue weighted by Crippen LogP contribution is 2.56. The minimum absolute atomic E-state index is 0.00616. The number of aliphatic hydroxyl groups is 1. The van der Waals surface area contributed by atoms with Crippen LogP contribution in [0.2, 0.25) is 0 Å². The average molecular weight is 523 g/mol. The number of para-hydroxylation sites is 2. The summed E-state index contributed by atoms with van der Waals surface area (Å²) < 4.78 is 60.8. The minimum atomic E-state index is -3.22. The monoisotopic (exact) mass is 522 g/mol. The molecule has 5 heterocycles. The smallest absolute Gasteiger partial charge is 0.346 e. The zero-order valence-electron chi connectivity index (χ0n) is 23.3. The summed E-state index contributed by atoms with van der Waals surface area (Å²) in [5.74, 6) is -0.405. The van der Waals surface area contributed by atoms with E-state index in [4.69, 9.17) is 13.8 Å². The van der Waals surface area contributed by atoms with Gasteiger partial charge in [0, 0.05) is 47.0 Å². The molecule has 4 atom stereocenters. The summed E-state index contributed by atoms with van der Waals surface area (Å²) in [6, 6.07) is 8.86. The topological polar surface area (TPSA) is 92.5 Å². The Labute approximate surface area is 221 Å². The van der Waals surface area contributed by atoms with Crippen LogP contribution in [0.25, 0.3) is 11.0 Å². The maximum Gasteiger partial charge on any atom is 0.346 e. The van der Waals surface area contributed by atoms with Crippen LogP contribution in [0, 0.1) is 0 Å². The molecule has 0 spiro atoms. The van der Waals surface area contributed by atoms with Crippen molar-refractivity contribution in [3.05, 3.63) is 83.0 Å². The molecule has 10 heteroatoms. The number of ether oxygens (including phenoxy) is 1. The molecule has 8 nitrogen and oxygen atoms in total. The molecule has 2 N–H and O–H groups in total. The number of imidazole rings is 1. The number of benzene rings is 1. The summed E-state index contributed by atoms with van der Waals surface area (Å²) in [7, 11) is 0. The van der Waals surface area contributed by atoms with Crippen LogP contribution in [0.5, 0.6) is 0 Å². The standard InChI is InChI=1S/C28H27F2N5O3/c1-34-21-13-20(35-19-7-3-2-6-18(19)33-24(21)35)23-17(25(34)36)5-4-10-28(23,38-26(29)30)16-8-9-22(32-14-16)27(37)11-12-31-15-27/h2-9,14,20-21,26,31,37H,10-13,15H2,1H3/t20-,21-,27?,28?/m1/s1/i1D3. The number of carbonyl (C=O) groups is 1. The first kappa shape index (κ1) is 20.5. The summed E-state index contributed by atoms with van der Waals surface area (Å²) >= 11 is 0. The lowest BCUT2D eigenvalue weighted by atomic mass is 9.74. The predicted molar refractivity (Wildman–Crippen MR) is 134 cm³/mol. The Balaban J connectivity index is 1.47. The molecule has 7 rings (SSSR count). The number of alkyl halides is 2. The van der Waals surface area contributed by atoms with Crippen LogP contribution in [-0.2, 0) is 20.7 Å². The lowest BCUT2D eigenvalue weighted by Gasteiger charge is -2.41. The molecule has 2 unspecified atom stereocenters. The molecule has 2 bridgehead atoms. The van der Waals surface area contributed by atoms with E-state index >= 15 is 0 Å². The molecule has 1 aliphatic carbocycles. The first-order chi connectivity index (χ1) is 19.5. The molecule has 1 fully saturated rings. The number of likely N-dealkylation sites (N-methyl/N-ethyl adjacent to an activating group) is 1. The fourth-order valence-electron chi connectivity index (χ4n) is 6.59. The van der Waals surface area contributed by atoms with Gasteiger partial charge in [0.05, 0.1) is 28.8 Å². The van der Waals surface area contributed by atoms with Gasteiger partial charge in [0.1, 0.15) is 17.0 Å². The molecule has 1 aromatic carbocycles. The quantitative estimate of drug-likeness (QED) is 0.545. The number of hydrogen-bond acceptors (Lipinski definition) is 6. The third kappa shape index (κ3) is 3.20. The summed E-state index contributed by atoms with van der Waals surface area (Å²) in [4.78, 5) is 24.1. The number of nitrogens with zero attached hydrogens (tertiary/aromatic N) is 4. The Hall–Kier alpha value is -3.47. The van der Waals surface area contributed by atoms with Gasteiger partial charge >= 0.3 is 6.61 Å². The van der Waals surface area contributed by atoms with Crippen LogP contribution in [-0.4, -0.2) is 57.1 Å². The Morgan fingerprint density at radius 1 is 1.26 bits per heavy atom. The number of halogens is 2. The van der Waals surface area contributed by atoms with Crippen molar-refractivity contribution in [1.29, 1.82) is 0 Å². The van der Waals surface area contributed by atoms with Gasteiger partial charge < -0.3 is 24.6 Å². The molecule has 0 saturated carbocycles. The number of pyridine rings is 1. The first-order valence-electron chi connectivity index (χ1n) is 14.1. The zero-order chi connectivity index (χ0) is 28.7. The fraction of sp³-hybridized carbons (Fsp3) is 0.393. The molecule has 1 amide bonds. The number of amides is 1. The highest BCUT2D eigenvalue weighted by molar-refractivity contribution is 5.99. The number of carbonyl (C=O) groups excluding carboxylic acids is 1. The second kappa shape index (κ2) is 8.26. The number of β-amino-alcohol motifs (C(OH)–C–C–N with tert-alkyl or cyclic N) is 1. The molecular weight excluding hydrogens is 492 g/mol. The van der Waals surface area contributed by atoms with Gasteiger partial charge in [0.25, 0.3) is 5.91 Å². The van der Waals surface area contributed by atoms with Crippen molar-refractivity contribution in [1.82, 2.24) is 24.8 Å². The van der Waals surface area contributed by atoms with Gasteiger partial charge in [-0.05, 0) is 37.6 Å².